The van der Waals surface area contributed by atoms with Crippen LogP contribution < -0.4 is 58.5 Å². The van der Waals surface area contributed by atoms with E-state index in [4.69, 9.17) is 85.3 Å². The SMILES string of the molecule is CC(=O)NC1C(OCCOCCOCCNC(=O)CC[C@@H](NC(=O)CC(CC(=O)N[C@H](CCC(=O)NCCOCCOCCOC2OC(CO)C(O)C(O)C2NC(C)=O)C(=O)NCCOCCOCCOC2OC(CO)C(O)C(O)C2NC(C)=O)NC(=O)CCCCCCCCC(=O)N2C[C@@H](CO)O[C@H](COC(C)C)C2)C(=O)NCCOCCOCCOC2OC(CO)C(O)C(O)C2NC(C)=O)OC(CO)C(O)C1O. The van der Waals surface area contributed by atoms with Crippen LogP contribution >= 0.6 is 0 Å². The number of nitrogens with zero attached hydrogens (tertiary/aromatic N) is 1. The molecule has 5 heterocycles. The number of hydrogen-bond donors (Lipinski definition) is 24. The summed E-state index contributed by atoms with van der Waals surface area (Å²) < 4.78 is 101. The molecule has 5 aliphatic heterocycles. The number of carbonyl (C=O) groups excluding carboxylic acids is 12. The normalized spacial score (nSPS) is 26.5. The molecule has 5 rings (SSSR count). The molecule has 0 aromatic heterocycles. The zero-order valence-corrected chi connectivity index (χ0v) is 83.5. The fourth-order valence-corrected chi connectivity index (χ4v) is 15.6. The molecule has 0 aliphatic carbocycles. The maximum Gasteiger partial charge on any atom is 0.242 e. The molecule has 0 aromatic rings. The van der Waals surface area contributed by atoms with Crippen molar-refractivity contribution in [3.8, 4) is 0 Å². The lowest BCUT2D eigenvalue weighted by Gasteiger charge is -2.42. The minimum absolute atomic E-state index is 0.00481. The van der Waals surface area contributed by atoms with Crippen LogP contribution in [0.15, 0.2) is 0 Å². The third-order valence-corrected chi connectivity index (χ3v) is 23.1. The number of nitrogens with one attached hydrogen (secondary N) is 11. The molecule has 145 heavy (non-hydrogen) atoms. The first-order chi connectivity index (χ1) is 69.5. The lowest BCUT2D eigenvalue weighted by molar-refractivity contribution is -0.272. The average Bonchev–Trinajstić information content (AvgIpc) is 0.817. The van der Waals surface area contributed by atoms with Crippen molar-refractivity contribution in [3.05, 3.63) is 0 Å². The standard InChI is InChI=1S/C90H160N12O43/c1-53(2)140-52-60-46-102(45-59(47-103)141-60)72(117)14-12-10-8-7-9-11-13-69(114)99-58(43-70(115)100-61(85(126)93-21-25-130-29-33-134-37-41-138-89-75(97-56(5)110)83(124)79(120)65(50-106)144-89)15-17-67(112)91-19-23-128-27-31-132-35-39-136-87-73(95-54(3)108)81(122)77(118)63(48-104)142-87)44-71(116)101-62(86(127)94-22-26-131-30-34-135-38-42-139-90-76(98-57(6)111)84(125)80(121)66(51-107)145-90)16-18-68(113)92-20-24-129-28-32-133-36-40-137-88-74(96-55(4)109)82(123)78(119)64(49-105)143-88/h53,58-66,73-84,87-90,103-107,118-125H,7-52H2,1-6H3,(H,91,112)(H,92,113)(H,93,126)(H,94,127)(H,95,108)(H,96,109)(H,97,110)(H,98,111)(H,99,114)(H,100,115)(H,101,116)/t58?,59-,60-,61+,62+,63?,64?,65?,66?,73?,74?,75?,76?,77?,78?,79?,80?,81?,82?,83?,84?,87?,88?,89?,90?/m0/s1. The van der Waals surface area contributed by atoms with Gasteiger partial charge in [-0.15, -0.1) is 0 Å². The van der Waals surface area contributed by atoms with E-state index in [1.54, 1.807) is 4.90 Å². The molecule has 0 spiro atoms. The fourth-order valence-electron chi connectivity index (χ4n) is 15.6. The third kappa shape index (κ3) is 50.7. The Bertz CT molecular complexity index is 3510. The predicted molar refractivity (Wildman–Crippen MR) is 498 cm³/mol. The summed E-state index contributed by atoms with van der Waals surface area (Å²) in [5.74, 6) is -7.38. The van der Waals surface area contributed by atoms with E-state index < -0.39 is 257 Å². The Labute approximate surface area is 841 Å². The Hall–Kier alpha value is -7.60. The van der Waals surface area contributed by atoms with Crippen molar-refractivity contribution in [2.75, 3.05) is 211 Å². The third-order valence-electron chi connectivity index (χ3n) is 23.1. The summed E-state index contributed by atoms with van der Waals surface area (Å²) >= 11 is 0. The molecule has 24 atom stereocenters. The largest absolute Gasteiger partial charge is 0.394 e. The summed E-state index contributed by atoms with van der Waals surface area (Å²) in [4.78, 5) is 161. The van der Waals surface area contributed by atoms with E-state index in [9.17, 15) is 124 Å². The van der Waals surface area contributed by atoms with E-state index in [-0.39, 0.29) is 229 Å². The highest BCUT2D eigenvalue weighted by Crippen LogP contribution is 2.28. The second kappa shape index (κ2) is 73.5. The van der Waals surface area contributed by atoms with Crippen molar-refractivity contribution in [2.45, 2.75) is 290 Å². The van der Waals surface area contributed by atoms with Crippen molar-refractivity contribution in [2.24, 2.45) is 0 Å². The molecule has 5 fully saturated rings. The van der Waals surface area contributed by atoms with Crippen LogP contribution in [0, 0.1) is 0 Å². The smallest absolute Gasteiger partial charge is 0.242 e. The summed E-state index contributed by atoms with van der Waals surface area (Å²) in [7, 11) is 0. The Kier molecular flexibility index (Phi) is 64.8. The van der Waals surface area contributed by atoms with E-state index in [0.717, 1.165) is 0 Å². The molecule has 0 saturated carbocycles. The zero-order valence-electron chi connectivity index (χ0n) is 83.5. The van der Waals surface area contributed by atoms with Crippen LogP contribution in [-0.4, -0.2) is 512 Å². The van der Waals surface area contributed by atoms with Gasteiger partial charge in [0.15, 0.2) is 25.2 Å². The fraction of sp³-hybridized carbons (Fsp3) is 0.867. The predicted octanol–water partition coefficient (Wildman–Crippen LogP) is -11.6. The summed E-state index contributed by atoms with van der Waals surface area (Å²) in [5.41, 5.74) is 0. The van der Waals surface area contributed by atoms with Gasteiger partial charge in [-0.05, 0) is 39.5 Å². The van der Waals surface area contributed by atoms with Crippen LogP contribution in [-0.2, 0) is 143 Å². The summed E-state index contributed by atoms with van der Waals surface area (Å²) in [6, 6.07) is -8.98. The number of aliphatic hydroxyl groups excluding tert-OH is 13. The Morgan fingerprint density at radius 2 is 0.607 bits per heavy atom. The van der Waals surface area contributed by atoms with Gasteiger partial charge >= 0.3 is 0 Å². The van der Waals surface area contributed by atoms with Crippen molar-refractivity contribution in [3.63, 3.8) is 0 Å². The van der Waals surface area contributed by atoms with Gasteiger partial charge in [-0.3, -0.25) is 57.5 Å². The molecule has 5 aliphatic rings. The van der Waals surface area contributed by atoms with Crippen molar-refractivity contribution in [1.82, 2.24) is 63.4 Å². The van der Waals surface area contributed by atoms with E-state index >= 15 is 0 Å². The van der Waals surface area contributed by atoms with Crippen LogP contribution in [0.25, 0.3) is 0 Å². The van der Waals surface area contributed by atoms with Crippen LogP contribution in [0.1, 0.15) is 131 Å². The maximum absolute atomic E-state index is 14.5. The van der Waals surface area contributed by atoms with Crippen molar-refractivity contribution >= 4 is 70.9 Å². The van der Waals surface area contributed by atoms with E-state index in [2.05, 4.69) is 58.5 Å². The number of rotatable bonds is 76. The summed E-state index contributed by atoms with van der Waals surface area (Å²) in [6.07, 6.45) is -22.1. The van der Waals surface area contributed by atoms with Gasteiger partial charge in [0, 0.05) is 112 Å². The van der Waals surface area contributed by atoms with E-state index in [1.807, 2.05) is 13.8 Å². The van der Waals surface area contributed by atoms with Gasteiger partial charge in [-0.1, -0.05) is 25.7 Å². The highest BCUT2D eigenvalue weighted by Gasteiger charge is 2.50. The number of unbranched alkanes of at least 4 members (excludes halogenated alkanes) is 5. The monoisotopic (exact) mass is 2100 g/mol. The molecule has 0 aromatic carbocycles. The highest BCUT2D eigenvalue weighted by atomic mass is 16.7. The number of morpholine rings is 1. The number of amides is 12. The maximum atomic E-state index is 14.5. The van der Waals surface area contributed by atoms with Gasteiger partial charge in [0.05, 0.1) is 190 Å². The lowest BCUT2D eigenvalue weighted by atomic mass is 9.97. The number of hydrogen-bond acceptors (Lipinski definition) is 43. The molecule has 5 saturated heterocycles. The van der Waals surface area contributed by atoms with E-state index in [0.29, 0.717) is 45.1 Å². The topological polar surface area (TPSA) is 770 Å². The molecular weight excluding hydrogens is 1940 g/mol. The molecule has 0 bridgehead atoms. The molecule has 55 heteroatoms. The molecule has 838 valence electrons. The van der Waals surface area contributed by atoms with Gasteiger partial charge in [0.1, 0.15) is 109 Å². The van der Waals surface area contributed by atoms with Gasteiger partial charge < -0.3 is 215 Å². The Balaban J connectivity index is 1.26. The quantitative estimate of drug-likeness (QED) is 0.0251. The summed E-state index contributed by atoms with van der Waals surface area (Å²) in [6.45, 7) is 5.35. The van der Waals surface area contributed by atoms with Gasteiger partial charge in [0.25, 0.3) is 0 Å². The minimum Gasteiger partial charge on any atom is -0.394 e. The first kappa shape index (κ1) is 128. The lowest BCUT2D eigenvalue weighted by Crippen LogP contribution is -2.64. The Morgan fingerprint density at radius 1 is 0.317 bits per heavy atom. The van der Waals surface area contributed by atoms with Crippen molar-refractivity contribution < 1.29 is 209 Å². The van der Waals surface area contributed by atoms with Gasteiger partial charge in [-0.25, -0.2) is 0 Å². The average molecular weight is 2100 g/mol. The summed E-state index contributed by atoms with van der Waals surface area (Å²) in [5, 5.41) is 161. The van der Waals surface area contributed by atoms with Gasteiger partial charge in [0.2, 0.25) is 70.9 Å². The van der Waals surface area contributed by atoms with Crippen molar-refractivity contribution in [1.29, 1.82) is 0 Å². The second-order valence-corrected chi connectivity index (χ2v) is 35.3. The molecule has 55 nitrogen and oxygen atoms in total. The zero-order chi connectivity index (χ0) is 107. The number of aliphatic hydroxyl groups is 13. The minimum atomic E-state index is -1.54. The second-order valence-electron chi connectivity index (χ2n) is 35.3. The van der Waals surface area contributed by atoms with Crippen LogP contribution in [0.5, 0.6) is 0 Å². The Morgan fingerprint density at radius 3 is 0.910 bits per heavy atom. The van der Waals surface area contributed by atoms with E-state index in [1.165, 1.54) is 27.7 Å². The first-order valence-electron chi connectivity index (χ1n) is 49.3. The number of carbonyl (C=O) groups is 12. The molecule has 20 unspecified atom stereocenters. The highest BCUT2D eigenvalue weighted by molar-refractivity contribution is 5.91. The van der Waals surface area contributed by atoms with Gasteiger partial charge in [-0.2, -0.15) is 0 Å². The molecule has 24 N–H and O–H groups in total. The van der Waals surface area contributed by atoms with Crippen LogP contribution in [0.3, 0.4) is 0 Å². The number of ether oxygens (including phenoxy) is 18. The molecule has 0 radical (unpaired) electrons. The first-order valence-corrected chi connectivity index (χ1v) is 49.3. The van der Waals surface area contributed by atoms with Crippen LogP contribution in [0.4, 0.5) is 0 Å². The molecule has 12 amide bonds. The molecular formula is C90H160N12O43. The van der Waals surface area contributed by atoms with Crippen LogP contribution in [0.2, 0.25) is 0 Å².